The Morgan fingerprint density at radius 3 is 2.67 bits per heavy atom. The second kappa shape index (κ2) is 9.53. The molecule has 0 radical (unpaired) electrons. The van der Waals surface area contributed by atoms with Crippen molar-refractivity contribution in [3.8, 4) is 22.4 Å². The van der Waals surface area contributed by atoms with E-state index in [9.17, 15) is 23.5 Å². The van der Waals surface area contributed by atoms with Gasteiger partial charge < -0.3 is 19.9 Å². The molecule has 1 saturated heterocycles. The molecular formula is C26H26F2N8O3S. The van der Waals surface area contributed by atoms with E-state index in [1.165, 1.54) is 33.8 Å². The van der Waals surface area contributed by atoms with Crippen LogP contribution in [0, 0.1) is 23.7 Å². The maximum atomic E-state index is 13.5. The van der Waals surface area contributed by atoms with Crippen LogP contribution in [0.15, 0.2) is 39.6 Å². The highest BCUT2D eigenvalue weighted by Crippen LogP contribution is 2.59. The summed E-state index contributed by atoms with van der Waals surface area (Å²) in [6.07, 6.45) is 1.93. The Balaban J connectivity index is 1.17. The number of thiazole rings is 1. The number of pyridine rings is 1. The lowest BCUT2D eigenvalue weighted by Gasteiger charge is -2.22. The van der Waals surface area contributed by atoms with Gasteiger partial charge in [0, 0.05) is 37.3 Å². The Kier molecular flexibility index (Phi) is 6.23. The normalized spacial score (nSPS) is 20.6. The van der Waals surface area contributed by atoms with E-state index in [2.05, 4.69) is 32.1 Å². The molecule has 0 bridgehead atoms. The number of nitrogens with zero attached hydrogens (tertiary/aromatic N) is 7. The van der Waals surface area contributed by atoms with Crippen LogP contribution in [0.1, 0.15) is 19.9 Å². The predicted octanol–water partition coefficient (Wildman–Crippen LogP) is 2.13. The molecule has 11 nitrogen and oxygen atoms in total. The molecule has 2 N–H and O–H groups in total. The molecular weight excluding hydrogens is 542 g/mol. The number of hydrogen-bond donors (Lipinski definition) is 2. The van der Waals surface area contributed by atoms with Crippen molar-refractivity contribution < 1.29 is 13.9 Å². The van der Waals surface area contributed by atoms with E-state index in [4.69, 9.17) is 0 Å². The molecule has 0 spiro atoms. The average molecular weight is 569 g/mol. The number of aliphatic hydroxyl groups is 1. The summed E-state index contributed by atoms with van der Waals surface area (Å²) in [5.74, 6) is 2.84. The fourth-order valence-electron chi connectivity index (χ4n) is 5.19. The molecule has 1 aliphatic carbocycles. The first-order valence-corrected chi connectivity index (χ1v) is 13.5. The molecule has 1 saturated carbocycles. The lowest BCUT2D eigenvalue weighted by molar-refractivity contribution is 0.0797. The average Bonchev–Trinajstić information content (AvgIpc) is 3.53. The zero-order valence-electron chi connectivity index (χ0n) is 21.9. The number of anilines is 2. The van der Waals surface area contributed by atoms with E-state index in [1.54, 1.807) is 31.5 Å². The van der Waals surface area contributed by atoms with E-state index in [-0.39, 0.29) is 17.7 Å². The number of aromatic nitrogens is 6. The summed E-state index contributed by atoms with van der Waals surface area (Å²) in [7, 11) is 1.53. The number of imidazole rings is 1. The van der Waals surface area contributed by atoms with Crippen LogP contribution in [0.2, 0.25) is 0 Å². The van der Waals surface area contributed by atoms with Crippen molar-refractivity contribution in [2.45, 2.75) is 38.6 Å². The number of fused-ring (bicyclic) bond motifs is 2. The number of hydrogen-bond acceptors (Lipinski definition) is 9. The number of alkyl halides is 2. The molecule has 5 heterocycles. The van der Waals surface area contributed by atoms with Crippen molar-refractivity contribution in [2.75, 3.05) is 23.3 Å². The minimum absolute atomic E-state index is 0.0508. The fraction of sp³-hybridized carbons (Fsp3) is 0.423. The Hall–Kier alpha value is -4.09. The van der Waals surface area contributed by atoms with Crippen LogP contribution in [-0.4, -0.2) is 59.0 Å². The molecule has 1 aliphatic heterocycles. The van der Waals surface area contributed by atoms with Crippen molar-refractivity contribution in [1.29, 1.82) is 0 Å². The van der Waals surface area contributed by atoms with E-state index < -0.39 is 41.3 Å². The molecule has 0 aromatic carbocycles. The van der Waals surface area contributed by atoms with Crippen LogP contribution in [0.5, 0.6) is 0 Å². The SMILES string of the molecule is CC#CCn1c(=O)c2c(ncn2[C@@H](C)C(O)Nc2csc(-c3ccc(N4CC5C(C4)C5(F)F)nc3)n2)n(C)c1=O. The molecule has 2 fully saturated rings. The van der Waals surface area contributed by atoms with Gasteiger partial charge in [-0.3, -0.25) is 9.36 Å². The van der Waals surface area contributed by atoms with Crippen LogP contribution in [0.4, 0.5) is 20.4 Å². The highest BCUT2D eigenvalue weighted by Gasteiger charge is 2.71. The van der Waals surface area contributed by atoms with Gasteiger partial charge in [0.25, 0.3) is 11.5 Å². The topological polar surface area (TPSA) is 123 Å². The third-order valence-electron chi connectivity index (χ3n) is 7.69. The highest BCUT2D eigenvalue weighted by molar-refractivity contribution is 7.13. The molecule has 14 heteroatoms. The van der Waals surface area contributed by atoms with Gasteiger partial charge in [0.05, 0.1) is 30.7 Å². The lowest BCUT2D eigenvalue weighted by Crippen LogP contribution is -2.40. The number of aliphatic hydroxyl groups excluding tert-OH is 1. The molecule has 40 heavy (non-hydrogen) atoms. The second-order valence-corrected chi connectivity index (χ2v) is 10.9. The largest absolute Gasteiger partial charge is 0.372 e. The van der Waals surface area contributed by atoms with Gasteiger partial charge in [0.1, 0.15) is 22.9 Å². The van der Waals surface area contributed by atoms with Crippen molar-refractivity contribution in [2.24, 2.45) is 18.9 Å². The van der Waals surface area contributed by atoms with Gasteiger partial charge in [-0.1, -0.05) is 5.92 Å². The smallest absolute Gasteiger partial charge is 0.333 e. The number of piperidine rings is 1. The van der Waals surface area contributed by atoms with Gasteiger partial charge >= 0.3 is 5.69 Å². The summed E-state index contributed by atoms with van der Waals surface area (Å²) in [5.41, 5.74) is 0.0898. The van der Waals surface area contributed by atoms with Crippen LogP contribution in [0.3, 0.4) is 0 Å². The predicted molar refractivity (Wildman–Crippen MR) is 147 cm³/mol. The van der Waals surface area contributed by atoms with Crippen LogP contribution in [0.25, 0.3) is 21.7 Å². The Labute approximate surface area is 230 Å². The van der Waals surface area contributed by atoms with Gasteiger partial charge in [-0.05, 0) is 26.0 Å². The molecule has 3 unspecified atom stereocenters. The van der Waals surface area contributed by atoms with Gasteiger partial charge in [-0.15, -0.1) is 17.3 Å². The Morgan fingerprint density at radius 2 is 2.00 bits per heavy atom. The van der Waals surface area contributed by atoms with Crippen LogP contribution in [-0.2, 0) is 13.6 Å². The number of halogens is 2. The zero-order valence-corrected chi connectivity index (χ0v) is 22.7. The zero-order chi connectivity index (χ0) is 28.3. The summed E-state index contributed by atoms with van der Waals surface area (Å²) >= 11 is 1.36. The molecule has 208 valence electrons. The summed E-state index contributed by atoms with van der Waals surface area (Å²) < 4.78 is 30.8. The van der Waals surface area contributed by atoms with Crippen molar-refractivity contribution in [1.82, 2.24) is 28.7 Å². The highest BCUT2D eigenvalue weighted by atomic mass is 32.1. The van der Waals surface area contributed by atoms with Gasteiger partial charge in [-0.25, -0.2) is 33.1 Å². The number of nitrogens with one attached hydrogen (secondary N) is 1. The van der Waals surface area contributed by atoms with Crippen LogP contribution >= 0.6 is 11.3 Å². The maximum Gasteiger partial charge on any atom is 0.333 e. The summed E-state index contributed by atoms with van der Waals surface area (Å²) in [6, 6.07) is 3.01. The van der Waals surface area contributed by atoms with Gasteiger partial charge in [0.2, 0.25) is 0 Å². The molecule has 2 aliphatic rings. The second-order valence-electron chi connectivity index (χ2n) is 10.0. The quantitative estimate of drug-likeness (QED) is 0.257. The van der Waals surface area contributed by atoms with Crippen LogP contribution < -0.4 is 21.5 Å². The first-order valence-electron chi connectivity index (χ1n) is 12.7. The first-order chi connectivity index (χ1) is 19.1. The lowest BCUT2D eigenvalue weighted by atomic mass is 10.2. The molecule has 0 amide bonds. The van der Waals surface area contributed by atoms with Gasteiger partial charge in [-0.2, -0.15) is 0 Å². The van der Waals surface area contributed by atoms with Gasteiger partial charge in [0.15, 0.2) is 11.2 Å². The standard InChI is InChI=1S/C26H26F2N8O3S/c1-4-5-8-35-24(38)20-21(33(3)25(35)39)30-13-36(20)14(2)22(37)31-18-12-40-23(32-18)15-6-7-19(29-9-15)34-10-16-17(11-34)26(16,27)28/h6-7,9,12-14,16-17,22,31,37H,8,10-11H2,1-3H3/t14-,16?,17?,22?/m0/s1. The first kappa shape index (κ1) is 26.1. The molecule has 4 atom stereocenters. The van der Waals surface area contributed by atoms with E-state index in [0.717, 1.165) is 10.1 Å². The Bertz CT molecular complexity index is 1770. The van der Waals surface area contributed by atoms with Crippen molar-refractivity contribution in [3.63, 3.8) is 0 Å². The fourth-order valence-corrected chi connectivity index (χ4v) is 5.94. The third kappa shape index (κ3) is 4.16. The number of aryl methyl sites for hydroxylation is 1. The summed E-state index contributed by atoms with van der Waals surface area (Å²) in [5, 5.41) is 16.3. The molecule has 4 aromatic rings. The third-order valence-corrected chi connectivity index (χ3v) is 8.58. The molecule has 6 rings (SSSR count). The number of rotatable bonds is 7. The Morgan fingerprint density at radius 1 is 1.25 bits per heavy atom. The monoisotopic (exact) mass is 568 g/mol. The van der Waals surface area contributed by atoms with E-state index in [1.807, 2.05) is 11.0 Å². The van der Waals surface area contributed by atoms with E-state index in [0.29, 0.717) is 29.7 Å². The van der Waals surface area contributed by atoms with E-state index >= 15 is 0 Å². The minimum atomic E-state index is -2.53. The molecule has 4 aromatic heterocycles. The maximum absolute atomic E-state index is 13.5. The van der Waals surface area contributed by atoms with Crippen molar-refractivity contribution >= 4 is 34.1 Å². The summed E-state index contributed by atoms with van der Waals surface area (Å²) in [4.78, 5) is 40.9. The minimum Gasteiger partial charge on any atom is -0.372 e. The van der Waals surface area contributed by atoms with Crippen molar-refractivity contribution in [3.05, 3.63) is 50.9 Å². The summed E-state index contributed by atoms with van der Waals surface area (Å²) in [6.45, 7) is 3.92.